The van der Waals surface area contributed by atoms with Crippen molar-refractivity contribution in [1.29, 1.82) is 0 Å². The van der Waals surface area contributed by atoms with Crippen molar-refractivity contribution in [2.24, 2.45) is 0 Å². The summed E-state index contributed by atoms with van der Waals surface area (Å²) in [4.78, 5) is 0. The maximum Gasteiger partial charge on any atom is 0.459 e. The lowest BCUT2D eigenvalue weighted by atomic mass is 9.78. The monoisotopic (exact) mass is 570 g/mol. The molecule has 0 fully saturated rings. The van der Waals surface area contributed by atoms with Crippen LogP contribution in [-0.2, 0) is 29.7 Å². The van der Waals surface area contributed by atoms with Crippen molar-refractivity contribution in [2.75, 3.05) is 0 Å². The van der Waals surface area contributed by atoms with Crippen LogP contribution in [0.15, 0.2) is 0 Å². The van der Waals surface area contributed by atoms with Gasteiger partial charge in [0.1, 0.15) is 11.2 Å². The van der Waals surface area contributed by atoms with Crippen LogP contribution < -0.4 is 0 Å². The minimum absolute atomic E-state index is 0.108. The van der Waals surface area contributed by atoms with Gasteiger partial charge >= 0.3 is 48.9 Å². The minimum atomic E-state index is -7.00. The van der Waals surface area contributed by atoms with E-state index in [0.29, 0.717) is 20.8 Å². The molecule has 2 N–H and O–H groups in total. The SMILES string of the molecule is CCC(C)(OC(F)(F)C(F)(F)S(=O)(=O)O)C(F)(F)C(CC)(CC)OC(F)(F)C(F)(F)S(=O)(=O)O. The first kappa shape index (κ1) is 33.0. The van der Waals surface area contributed by atoms with E-state index in [1.807, 2.05) is 0 Å². The van der Waals surface area contributed by atoms with Gasteiger partial charge in [0.05, 0.1) is 0 Å². The van der Waals surface area contributed by atoms with Crippen LogP contribution in [0, 0.1) is 0 Å². The van der Waals surface area contributed by atoms with E-state index in [9.17, 15) is 52.0 Å². The molecule has 0 aromatic heterocycles. The number of halogens is 10. The van der Waals surface area contributed by atoms with E-state index in [2.05, 4.69) is 9.47 Å². The van der Waals surface area contributed by atoms with Gasteiger partial charge in [0.2, 0.25) is 0 Å². The highest BCUT2D eigenvalue weighted by Crippen LogP contribution is 2.55. The molecule has 0 aliphatic rings. The van der Waals surface area contributed by atoms with E-state index in [1.165, 1.54) is 0 Å². The second kappa shape index (κ2) is 9.16. The topological polar surface area (TPSA) is 127 Å². The number of rotatable bonds is 13. The van der Waals surface area contributed by atoms with Crippen LogP contribution in [0.1, 0.15) is 47.0 Å². The van der Waals surface area contributed by atoms with Gasteiger partial charge in [-0.3, -0.25) is 9.11 Å². The first-order valence-corrected chi connectivity index (χ1v) is 11.7. The summed E-state index contributed by atoms with van der Waals surface area (Å²) in [6.45, 7) is 1.54. The van der Waals surface area contributed by atoms with Crippen LogP contribution in [0.4, 0.5) is 43.9 Å². The zero-order chi connectivity index (χ0) is 28.0. The van der Waals surface area contributed by atoms with Gasteiger partial charge in [-0.15, -0.1) is 0 Å². The van der Waals surface area contributed by atoms with Gasteiger partial charge in [0, 0.05) is 0 Å². The highest BCUT2D eigenvalue weighted by molar-refractivity contribution is 7.87. The molecule has 0 saturated carbocycles. The molecule has 8 nitrogen and oxygen atoms in total. The second-order valence-corrected chi connectivity index (χ2v) is 10.0. The zero-order valence-corrected chi connectivity index (χ0v) is 19.2. The van der Waals surface area contributed by atoms with E-state index in [0.717, 1.165) is 0 Å². The molecule has 0 heterocycles. The van der Waals surface area contributed by atoms with Crippen LogP contribution >= 0.6 is 0 Å². The lowest BCUT2D eigenvalue weighted by Crippen LogP contribution is -2.68. The maximum atomic E-state index is 15.4. The van der Waals surface area contributed by atoms with Crippen molar-refractivity contribution in [3.05, 3.63) is 0 Å². The Hall–Kier alpha value is -0.960. The standard InChI is InChI=1S/C14H20F10O8S2/c1-5-8(4,31-11(17,18)13(21,22)33(25,26)27)10(15,16)9(6-2,7-3)32-12(19,20)14(23,24)34(28,29)30/h5-7H2,1-4H3,(H,25,26,27)(H,28,29,30). The fraction of sp³-hybridized carbons (Fsp3) is 1.00. The predicted molar refractivity (Wildman–Crippen MR) is 92.0 cm³/mol. The third-order valence-electron chi connectivity index (χ3n) is 5.06. The van der Waals surface area contributed by atoms with Crippen molar-refractivity contribution < 1.29 is 79.3 Å². The Morgan fingerprint density at radius 1 is 0.618 bits per heavy atom. The van der Waals surface area contributed by atoms with Crippen LogP contribution in [0.2, 0.25) is 0 Å². The molecule has 0 spiro atoms. The Bertz CT molecular complexity index is 948. The quantitative estimate of drug-likeness (QED) is 0.244. The highest BCUT2D eigenvalue weighted by Gasteiger charge is 2.77. The first-order chi connectivity index (χ1) is 14.6. The molecule has 206 valence electrons. The molecule has 0 bridgehead atoms. The number of alkyl halides is 10. The van der Waals surface area contributed by atoms with Gasteiger partial charge < -0.3 is 9.47 Å². The van der Waals surface area contributed by atoms with E-state index < -0.39 is 79.3 Å². The van der Waals surface area contributed by atoms with Gasteiger partial charge in [0.15, 0.2) is 0 Å². The third-order valence-corrected chi connectivity index (χ3v) is 6.83. The zero-order valence-electron chi connectivity index (χ0n) is 17.6. The van der Waals surface area contributed by atoms with Gasteiger partial charge in [-0.2, -0.15) is 52.0 Å². The Morgan fingerprint density at radius 2 is 0.912 bits per heavy atom. The number of hydrogen-bond donors (Lipinski definition) is 2. The molecule has 0 rings (SSSR count). The van der Waals surface area contributed by atoms with E-state index >= 15 is 8.78 Å². The molecule has 0 aromatic rings. The minimum Gasteiger partial charge on any atom is -0.302 e. The summed E-state index contributed by atoms with van der Waals surface area (Å²) in [6.07, 6.45) is -17.4. The van der Waals surface area contributed by atoms with Crippen LogP contribution in [-0.4, -0.2) is 65.8 Å². The third kappa shape index (κ3) is 5.11. The molecule has 34 heavy (non-hydrogen) atoms. The van der Waals surface area contributed by atoms with Gasteiger partial charge in [-0.05, 0) is 26.2 Å². The average Bonchev–Trinajstić information content (AvgIpc) is 2.63. The molecule has 0 saturated heterocycles. The van der Waals surface area contributed by atoms with Crippen molar-refractivity contribution in [3.8, 4) is 0 Å². The molecule has 1 unspecified atom stereocenters. The average molecular weight is 570 g/mol. The summed E-state index contributed by atoms with van der Waals surface area (Å²) >= 11 is 0. The summed E-state index contributed by atoms with van der Waals surface area (Å²) in [5.41, 5.74) is -8.15. The summed E-state index contributed by atoms with van der Waals surface area (Å²) in [7, 11) is -14.0. The van der Waals surface area contributed by atoms with Crippen molar-refractivity contribution >= 4 is 20.2 Å². The molecule has 0 aliphatic heterocycles. The molecule has 1 atom stereocenters. The lowest BCUT2D eigenvalue weighted by Gasteiger charge is -2.49. The smallest absolute Gasteiger partial charge is 0.302 e. The molecule has 0 amide bonds. The largest absolute Gasteiger partial charge is 0.459 e. The summed E-state index contributed by atoms with van der Waals surface area (Å²) < 4.78 is 207. The van der Waals surface area contributed by atoms with E-state index in [-0.39, 0.29) is 6.92 Å². The van der Waals surface area contributed by atoms with Crippen molar-refractivity contribution in [2.45, 2.75) is 86.8 Å². The lowest BCUT2D eigenvalue weighted by molar-refractivity contribution is -0.433. The van der Waals surface area contributed by atoms with Crippen molar-refractivity contribution in [1.82, 2.24) is 0 Å². The Balaban J connectivity index is 6.87. The van der Waals surface area contributed by atoms with Crippen LogP contribution in [0.3, 0.4) is 0 Å². The normalized spacial score (nSPS) is 17.5. The fourth-order valence-corrected chi connectivity index (χ4v) is 3.37. The van der Waals surface area contributed by atoms with Gasteiger partial charge in [0.25, 0.3) is 0 Å². The van der Waals surface area contributed by atoms with E-state index in [1.54, 1.807) is 0 Å². The second-order valence-electron chi connectivity index (χ2n) is 7.08. The van der Waals surface area contributed by atoms with Crippen LogP contribution in [0.25, 0.3) is 0 Å². The van der Waals surface area contributed by atoms with Crippen LogP contribution in [0.5, 0.6) is 0 Å². The fourth-order valence-electron chi connectivity index (χ4n) is 2.69. The number of ether oxygens (including phenoxy) is 2. The maximum absolute atomic E-state index is 15.4. The molecule has 0 aromatic carbocycles. The summed E-state index contributed by atoms with van der Waals surface area (Å²) in [5, 5.41) is -13.1. The molecule has 0 aliphatic carbocycles. The molecule has 0 radical (unpaired) electrons. The highest BCUT2D eigenvalue weighted by atomic mass is 32.2. The van der Waals surface area contributed by atoms with E-state index in [4.69, 9.17) is 9.11 Å². The Labute approximate surface area is 187 Å². The molecular weight excluding hydrogens is 550 g/mol. The molecule has 20 heteroatoms. The molecular formula is C14H20F10O8S2. The predicted octanol–water partition coefficient (Wildman–Crippen LogP) is 4.53. The summed E-state index contributed by atoms with van der Waals surface area (Å²) in [6, 6.07) is 0. The van der Waals surface area contributed by atoms with Crippen molar-refractivity contribution in [3.63, 3.8) is 0 Å². The Kier molecular flexibility index (Phi) is 8.91. The first-order valence-electron chi connectivity index (χ1n) is 8.83. The Morgan fingerprint density at radius 3 is 1.15 bits per heavy atom. The van der Waals surface area contributed by atoms with Gasteiger partial charge in [-0.25, -0.2) is 8.78 Å². The number of hydrogen-bond acceptors (Lipinski definition) is 6. The summed E-state index contributed by atoms with van der Waals surface area (Å²) in [5.74, 6) is -5.41. The van der Waals surface area contributed by atoms with Gasteiger partial charge in [-0.1, -0.05) is 20.8 Å².